The Morgan fingerprint density at radius 2 is 2.04 bits per heavy atom. The molecule has 1 aromatic heterocycles. The van der Waals surface area contributed by atoms with Gasteiger partial charge in [0.15, 0.2) is 0 Å². The van der Waals surface area contributed by atoms with Crippen LogP contribution in [0.5, 0.6) is 0 Å². The van der Waals surface area contributed by atoms with E-state index in [1.54, 1.807) is 11.3 Å². The van der Waals surface area contributed by atoms with E-state index in [-0.39, 0.29) is 16.5 Å². The molecule has 1 aliphatic heterocycles. The van der Waals surface area contributed by atoms with Gasteiger partial charge in [0.25, 0.3) is 0 Å². The van der Waals surface area contributed by atoms with Crippen LogP contribution in [0.3, 0.4) is 0 Å². The van der Waals surface area contributed by atoms with E-state index in [9.17, 15) is 17.6 Å². The first-order valence-corrected chi connectivity index (χ1v) is 11.5. The summed E-state index contributed by atoms with van der Waals surface area (Å²) in [4.78, 5) is 14.6. The van der Waals surface area contributed by atoms with Crippen LogP contribution in [0.15, 0.2) is 40.6 Å². The predicted molar refractivity (Wildman–Crippen MR) is 108 cm³/mol. The van der Waals surface area contributed by atoms with E-state index >= 15 is 0 Å². The zero-order valence-electron chi connectivity index (χ0n) is 15.7. The Bertz CT molecular complexity index is 909. The van der Waals surface area contributed by atoms with Gasteiger partial charge in [-0.25, -0.2) is 17.5 Å². The summed E-state index contributed by atoms with van der Waals surface area (Å²) >= 11 is 1.75. The lowest BCUT2D eigenvalue weighted by molar-refractivity contribution is -0.114. The number of piperidine rings is 1. The minimum Gasteiger partial charge on any atom is -0.324 e. The lowest BCUT2D eigenvalue weighted by Gasteiger charge is -2.31. The van der Waals surface area contributed by atoms with E-state index in [1.807, 2.05) is 6.07 Å². The van der Waals surface area contributed by atoms with Crippen LogP contribution in [0.1, 0.15) is 24.6 Å². The molecule has 0 aliphatic carbocycles. The molecule has 2 heterocycles. The average Bonchev–Trinajstić information content (AvgIpc) is 3.15. The van der Waals surface area contributed by atoms with Gasteiger partial charge in [0, 0.05) is 24.9 Å². The van der Waals surface area contributed by atoms with Crippen molar-refractivity contribution in [1.82, 2.24) is 9.62 Å². The fourth-order valence-corrected chi connectivity index (χ4v) is 5.11. The highest BCUT2D eigenvalue weighted by molar-refractivity contribution is 7.89. The van der Waals surface area contributed by atoms with Gasteiger partial charge in [0.1, 0.15) is 5.82 Å². The number of hydrogen-bond donors (Lipinski definition) is 2. The molecule has 0 saturated carbocycles. The Balaban J connectivity index is 1.51. The summed E-state index contributed by atoms with van der Waals surface area (Å²) in [6.45, 7) is 4.41. The highest BCUT2D eigenvalue weighted by Crippen LogP contribution is 2.22. The maximum Gasteiger partial charge on any atom is 0.240 e. The summed E-state index contributed by atoms with van der Waals surface area (Å²) < 4.78 is 41.5. The van der Waals surface area contributed by atoms with E-state index < -0.39 is 21.7 Å². The van der Waals surface area contributed by atoms with E-state index in [4.69, 9.17) is 0 Å². The Kier molecular flexibility index (Phi) is 6.82. The summed E-state index contributed by atoms with van der Waals surface area (Å²) in [7, 11) is -3.80. The van der Waals surface area contributed by atoms with Crippen LogP contribution < -0.4 is 10.0 Å². The van der Waals surface area contributed by atoms with Crippen molar-refractivity contribution in [2.75, 3.05) is 25.0 Å². The average molecular weight is 426 g/mol. The van der Waals surface area contributed by atoms with Gasteiger partial charge in [-0.2, -0.15) is 0 Å². The summed E-state index contributed by atoms with van der Waals surface area (Å²) in [5.41, 5.74) is -0.0374. The summed E-state index contributed by atoms with van der Waals surface area (Å²) in [6, 6.07) is 7.65. The number of likely N-dealkylation sites (tertiary alicyclic amines) is 1. The number of amides is 1. The Labute approximate surface area is 168 Å². The monoisotopic (exact) mass is 425 g/mol. The Hall–Kier alpha value is -1.81. The maximum atomic E-state index is 14.0. The van der Waals surface area contributed by atoms with E-state index in [1.165, 1.54) is 23.9 Å². The molecule has 1 fully saturated rings. The number of nitrogens with one attached hydrogen (secondary N) is 2. The van der Waals surface area contributed by atoms with Gasteiger partial charge >= 0.3 is 0 Å². The molecule has 2 N–H and O–H groups in total. The number of carbonyl (C=O) groups is 1. The maximum absolute atomic E-state index is 14.0. The van der Waals surface area contributed by atoms with Gasteiger partial charge in [-0.3, -0.25) is 9.69 Å². The molecule has 0 bridgehead atoms. The van der Waals surface area contributed by atoms with Crippen LogP contribution in [0, 0.1) is 11.7 Å². The highest BCUT2D eigenvalue weighted by Gasteiger charge is 2.23. The second kappa shape index (κ2) is 9.13. The number of hydrogen-bond acceptors (Lipinski definition) is 5. The van der Waals surface area contributed by atoms with Crippen molar-refractivity contribution < 1.29 is 17.6 Å². The first kappa shape index (κ1) is 20.9. The van der Waals surface area contributed by atoms with Crippen molar-refractivity contribution >= 4 is 33.0 Å². The molecule has 152 valence electrons. The molecule has 1 aliphatic rings. The van der Waals surface area contributed by atoms with Crippen LogP contribution in [0.2, 0.25) is 0 Å². The van der Waals surface area contributed by atoms with Crippen molar-refractivity contribution in [3.05, 3.63) is 46.4 Å². The second-order valence-electron chi connectivity index (χ2n) is 6.97. The Morgan fingerprint density at radius 1 is 1.29 bits per heavy atom. The SMILES string of the molecule is CC(=O)Nc1ccc(S(=O)(=O)NCC2CCN(Cc3cccs3)CC2)cc1F. The zero-order chi connectivity index (χ0) is 20.1. The topological polar surface area (TPSA) is 78.5 Å². The zero-order valence-corrected chi connectivity index (χ0v) is 17.3. The quantitative estimate of drug-likeness (QED) is 0.715. The van der Waals surface area contributed by atoms with Crippen molar-refractivity contribution in [3.8, 4) is 0 Å². The lowest BCUT2D eigenvalue weighted by Crippen LogP contribution is -2.38. The number of carbonyl (C=O) groups excluding carboxylic acids is 1. The minimum absolute atomic E-state index is 0.0374. The number of anilines is 1. The van der Waals surface area contributed by atoms with E-state index in [2.05, 4.69) is 26.4 Å². The normalized spacial score (nSPS) is 16.2. The minimum atomic E-state index is -3.80. The highest BCUT2D eigenvalue weighted by atomic mass is 32.2. The van der Waals surface area contributed by atoms with Gasteiger partial charge in [-0.15, -0.1) is 11.3 Å². The molecule has 28 heavy (non-hydrogen) atoms. The van der Waals surface area contributed by atoms with Gasteiger partial charge < -0.3 is 5.32 Å². The summed E-state index contributed by atoms with van der Waals surface area (Å²) in [6.07, 6.45) is 1.84. The number of thiophene rings is 1. The van der Waals surface area contributed by atoms with Crippen LogP contribution in [-0.4, -0.2) is 38.9 Å². The molecule has 6 nitrogen and oxygen atoms in total. The van der Waals surface area contributed by atoms with Crippen molar-refractivity contribution in [1.29, 1.82) is 0 Å². The van der Waals surface area contributed by atoms with Crippen LogP contribution in [-0.2, 0) is 21.4 Å². The molecule has 9 heteroatoms. The molecule has 0 atom stereocenters. The first-order chi connectivity index (χ1) is 13.3. The van der Waals surface area contributed by atoms with Crippen LogP contribution >= 0.6 is 11.3 Å². The molecule has 1 amide bonds. The molecule has 3 rings (SSSR count). The van der Waals surface area contributed by atoms with E-state index in [0.717, 1.165) is 38.5 Å². The number of nitrogens with zero attached hydrogens (tertiary/aromatic N) is 1. The van der Waals surface area contributed by atoms with Crippen molar-refractivity contribution in [2.45, 2.75) is 31.2 Å². The standard InChI is InChI=1S/C19H24FN3O3S2/c1-14(24)22-19-5-4-17(11-18(19)20)28(25,26)21-12-15-6-8-23(9-7-15)13-16-3-2-10-27-16/h2-5,10-11,15,21H,6-9,12-13H2,1H3,(H,22,24). The molecule has 0 radical (unpaired) electrons. The van der Waals surface area contributed by atoms with E-state index in [0.29, 0.717) is 6.54 Å². The molecule has 1 aromatic carbocycles. The predicted octanol–water partition coefficient (Wildman–Crippen LogP) is 3.04. The summed E-state index contributed by atoms with van der Waals surface area (Å²) in [5, 5.41) is 4.39. The third kappa shape index (κ3) is 5.60. The molecule has 1 saturated heterocycles. The fourth-order valence-electron chi connectivity index (χ4n) is 3.24. The van der Waals surface area contributed by atoms with Crippen LogP contribution in [0.25, 0.3) is 0 Å². The number of halogens is 1. The third-order valence-corrected chi connectivity index (χ3v) is 7.07. The smallest absolute Gasteiger partial charge is 0.240 e. The second-order valence-corrected chi connectivity index (χ2v) is 9.77. The van der Waals surface area contributed by atoms with Gasteiger partial charge in [-0.1, -0.05) is 6.07 Å². The largest absolute Gasteiger partial charge is 0.324 e. The number of benzene rings is 1. The van der Waals surface area contributed by atoms with Gasteiger partial charge in [-0.05, 0) is 61.5 Å². The van der Waals surface area contributed by atoms with Gasteiger partial charge in [0.2, 0.25) is 15.9 Å². The van der Waals surface area contributed by atoms with Crippen molar-refractivity contribution in [2.24, 2.45) is 5.92 Å². The lowest BCUT2D eigenvalue weighted by atomic mass is 9.97. The third-order valence-electron chi connectivity index (χ3n) is 4.79. The number of rotatable bonds is 7. The molecular weight excluding hydrogens is 401 g/mol. The fraction of sp³-hybridized carbons (Fsp3) is 0.421. The number of sulfonamides is 1. The summed E-state index contributed by atoms with van der Waals surface area (Å²) in [5.74, 6) is -0.934. The molecule has 2 aromatic rings. The van der Waals surface area contributed by atoms with Crippen LogP contribution in [0.4, 0.5) is 10.1 Å². The Morgan fingerprint density at radius 3 is 2.64 bits per heavy atom. The molecule has 0 unspecified atom stereocenters. The molecule has 0 spiro atoms. The van der Waals surface area contributed by atoms with Crippen molar-refractivity contribution in [3.63, 3.8) is 0 Å². The van der Waals surface area contributed by atoms with Gasteiger partial charge in [0.05, 0.1) is 10.6 Å². The first-order valence-electron chi connectivity index (χ1n) is 9.15. The molecular formula is C19H24FN3O3S2.